The summed E-state index contributed by atoms with van der Waals surface area (Å²) in [5.41, 5.74) is 0.886. The first-order chi connectivity index (χ1) is 12.2. The molecule has 2 heterocycles. The van der Waals surface area contributed by atoms with E-state index in [9.17, 15) is 4.39 Å². The van der Waals surface area contributed by atoms with Gasteiger partial charge in [-0.25, -0.2) is 4.39 Å². The SMILES string of the molecule is CCC[C@H]1CO[C@H]([C@H]2CO[C@H](CCc3ccc(Cl)c(F)c3)OC2)OC1. The molecule has 2 aliphatic rings. The lowest BCUT2D eigenvalue weighted by Gasteiger charge is -2.37. The molecule has 0 aliphatic carbocycles. The number of hydrogen-bond donors (Lipinski definition) is 0. The first-order valence-electron chi connectivity index (χ1n) is 9.06. The molecule has 4 nitrogen and oxygen atoms in total. The largest absolute Gasteiger partial charge is 0.352 e. The molecule has 0 unspecified atom stereocenters. The molecule has 0 bridgehead atoms. The van der Waals surface area contributed by atoms with Gasteiger partial charge >= 0.3 is 0 Å². The summed E-state index contributed by atoms with van der Waals surface area (Å²) in [5.74, 6) is 0.212. The topological polar surface area (TPSA) is 36.9 Å². The molecule has 1 aromatic carbocycles. The predicted octanol–water partition coefficient (Wildman–Crippen LogP) is 4.19. The second-order valence-corrected chi connectivity index (χ2v) is 7.24. The standard InChI is InChI=1S/C19H26ClFO4/c1-2-3-14-9-24-19(25-10-14)15-11-22-18(23-12-15)7-5-13-4-6-16(20)17(21)8-13/h4,6,8,14-15,18-19H,2-3,5,7,9-12H2,1H3/t14-,15-,18-,19-. The minimum Gasteiger partial charge on any atom is -0.352 e. The molecule has 6 heteroatoms. The van der Waals surface area contributed by atoms with E-state index in [4.69, 9.17) is 30.5 Å². The fraction of sp³-hybridized carbons (Fsp3) is 0.684. The van der Waals surface area contributed by atoms with E-state index in [2.05, 4.69) is 6.92 Å². The van der Waals surface area contributed by atoms with Crippen molar-refractivity contribution in [2.24, 2.45) is 11.8 Å². The van der Waals surface area contributed by atoms with Crippen molar-refractivity contribution in [2.75, 3.05) is 26.4 Å². The highest BCUT2D eigenvalue weighted by atomic mass is 35.5. The van der Waals surface area contributed by atoms with Gasteiger partial charge in [-0.2, -0.15) is 0 Å². The molecule has 1 aromatic rings. The van der Waals surface area contributed by atoms with Gasteiger partial charge in [-0.1, -0.05) is 31.0 Å². The summed E-state index contributed by atoms with van der Waals surface area (Å²) >= 11 is 5.70. The van der Waals surface area contributed by atoms with Gasteiger partial charge in [0, 0.05) is 12.3 Å². The second-order valence-electron chi connectivity index (χ2n) is 6.83. The maximum absolute atomic E-state index is 13.5. The molecule has 2 fully saturated rings. The normalized spacial score (nSPS) is 30.4. The fourth-order valence-corrected chi connectivity index (χ4v) is 3.38. The Hall–Kier alpha value is -0.720. The van der Waals surface area contributed by atoms with Gasteiger partial charge in [0.05, 0.1) is 37.4 Å². The van der Waals surface area contributed by atoms with Crippen molar-refractivity contribution in [3.63, 3.8) is 0 Å². The number of rotatable bonds is 6. The Morgan fingerprint density at radius 1 is 1.04 bits per heavy atom. The Balaban J connectivity index is 1.38. The van der Waals surface area contributed by atoms with Crippen molar-refractivity contribution in [3.05, 3.63) is 34.6 Å². The first kappa shape index (κ1) is 19.1. The summed E-state index contributed by atoms with van der Waals surface area (Å²) in [4.78, 5) is 0. The smallest absolute Gasteiger partial charge is 0.164 e. The van der Waals surface area contributed by atoms with Crippen LogP contribution in [0.4, 0.5) is 4.39 Å². The Labute approximate surface area is 153 Å². The van der Waals surface area contributed by atoms with Crippen molar-refractivity contribution in [2.45, 2.75) is 45.2 Å². The summed E-state index contributed by atoms with van der Waals surface area (Å²) in [7, 11) is 0. The molecule has 0 radical (unpaired) electrons. The van der Waals surface area contributed by atoms with Crippen molar-refractivity contribution >= 4 is 11.6 Å². The molecule has 3 rings (SSSR count). The van der Waals surface area contributed by atoms with Gasteiger partial charge in [-0.3, -0.25) is 0 Å². The van der Waals surface area contributed by atoms with E-state index in [1.807, 2.05) is 6.07 Å². The molecule has 2 saturated heterocycles. The monoisotopic (exact) mass is 372 g/mol. The number of benzene rings is 1. The first-order valence-corrected chi connectivity index (χ1v) is 9.43. The van der Waals surface area contributed by atoms with Gasteiger partial charge in [0.1, 0.15) is 5.82 Å². The fourth-order valence-electron chi connectivity index (χ4n) is 3.27. The van der Waals surface area contributed by atoms with E-state index in [1.54, 1.807) is 6.07 Å². The summed E-state index contributed by atoms with van der Waals surface area (Å²) in [6.07, 6.45) is 3.14. The zero-order chi connectivity index (χ0) is 17.6. The van der Waals surface area contributed by atoms with Gasteiger partial charge in [-0.05, 0) is 30.5 Å². The average Bonchev–Trinajstić information content (AvgIpc) is 2.64. The lowest BCUT2D eigenvalue weighted by atomic mass is 10.0. The Kier molecular flexibility index (Phi) is 7.08. The zero-order valence-electron chi connectivity index (χ0n) is 14.6. The van der Waals surface area contributed by atoms with E-state index < -0.39 is 5.82 Å². The van der Waals surface area contributed by atoms with Crippen molar-refractivity contribution in [1.29, 1.82) is 0 Å². The van der Waals surface area contributed by atoms with Crippen molar-refractivity contribution in [3.8, 4) is 0 Å². The van der Waals surface area contributed by atoms with Crippen LogP contribution in [0.25, 0.3) is 0 Å². The van der Waals surface area contributed by atoms with E-state index in [0.717, 1.165) is 31.6 Å². The lowest BCUT2D eigenvalue weighted by Crippen LogP contribution is -2.44. The third-order valence-electron chi connectivity index (χ3n) is 4.72. The average molecular weight is 373 g/mol. The lowest BCUT2D eigenvalue weighted by molar-refractivity contribution is -0.281. The third-order valence-corrected chi connectivity index (χ3v) is 5.03. The van der Waals surface area contributed by atoms with Crippen LogP contribution < -0.4 is 0 Å². The minimum absolute atomic E-state index is 0.104. The number of halogens is 2. The van der Waals surface area contributed by atoms with Crippen LogP contribution >= 0.6 is 11.6 Å². The molecule has 0 saturated carbocycles. The third kappa shape index (κ3) is 5.38. The molecule has 25 heavy (non-hydrogen) atoms. The molecule has 0 spiro atoms. The van der Waals surface area contributed by atoms with Crippen LogP contribution in [0.3, 0.4) is 0 Å². The number of hydrogen-bond acceptors (Lipinski definition) is 4. The highest BCUT2D eigenvalue weighted by Crippen LogP contribution is 2.25. The van der Waals surface area contributed by atoms with E-state index in [0.29, 0.717) is 32.0 Å². The number of aryl methyl sites for hydroxylation is 1. The summed E-state index contributed by atoms with van der Waals surface area (Å²) in [5, 5.41) is 0.144. The molecule has 2 aliphatic heterocycles. The summed E-state index contributed by atoms with van der Waals surface area (Å²) in [6, 6.07) is 4.87. The van der Waals surface area contributed by atoms with Gasteiger partial charge in [0.2, 0.25) is 0 Å². The van der Waals surface area contributed by atoms with E-state index in [1.165, 1.54) is 6.07 Å². The molecule has 0 amide bonds. The molecule has 140 valence electrons. The van der Waals surface area contributed by atoms with Gasteiger partial charge in [0.15, 0.2) is 12.6 Å². The zero-order valence-corrected chi connectivity index (χ0v) is 15.3. The molecular formula is C19H26ClFO4. The van der Waals surface area contributed by atoms with E-state index in [-0.39, 0.29) is 23.5 Å². The van der Waals surface area contributed by atoms with Crippen molar-refractivity contribution < 1.29 is 23.3 Å². The Morgan fingerprint density at radius 3 is 2.40 bits per heavy atom. The maximum Gasteiger partial charge on any atom is 0.164 e. The van der Waals surface area contributed by atoms with Crippen LogP contribution in [-0.4, -0.2) is 39.0 Å². The molecule has 0 N–H and O–H groups in total. The minimum atomic E-state index is -0.391. The van der Waals surface area contributed by atoms with Crippen LogP contribution in [0.2, 0.25) is 5.02 Å². The Bertz CT molecular complexity index is 540. The molecule has 0 atom stereocenters. The number of ether oxygens (including phenoxy) is 4. The highest BCUT2D eigenvalue weighted by Gasteiger charge is 2.33. The van der Waals surface area contributed by atoms with Gasteiger partial charge in [0.25, 0.3) is 0 Å². The van der Waals surface area contributed by atoms with Gasteiger partial charge < -0.3 is 18.9 Å². The second kappa shape index (κ2) is 9.28. The highest BCUT2D eigenvalue weighted by molar-refractivity contribution is 6.30. The Morgan fingerprint density at radius 2 is 1.76 bits per heavy atom. The van der Waals surface area contributed by atoms with Crippen LogP contribution in [0, 0.1) is 17.7 Å². The molecular weight excluding hydrogens is 347 g/mol. The van der Waals surface area contributed by atoms with Crippen LogP contribution in [0.5, 0.6) is 0 Å². The van der Waals surface area contributed by atoms with Crippen LogP contribution in [-0.2, 0) is 25.4 Å². The quantitative estimate of drug-likeness (QED) is 0.750. The van der Waals surface area contributed by atoms with Gasteiger partial charge in [-0.15, -0.1) is 0 Å². The predicted molar refractivity (Wildman–Crippen MR) is 93.0 cm³/mol. The maximum atomic E-state index is 13.5. The van der Waals surface area contributed by atoms with E-state index >= 15 is 0 Å². The summed E-state index contributed by atoms with van der Waals surface area (Å²) in [6.45, 7) is 4.79. The van der Waals surface area contributed by atoms with Crippen LogP contribution in [0.1, 0.15) is 31.7 Å². The molecule has 0 aromatic heterocycles. The van der Waals surface area contributed by atoms with Crippen LogP contribution in [0.15, 0.2) is 18.2 Å². The summed E-state index contributed by atoms with van der Waals surface area (Å²) < 4.78 is 36.7. The van der Waals surface area contributed by atoms with Crippen molar-refractivity contribution in [1.82, 2.24) is 0 Å².